The summed E-state index contributed by atoms with van der Waals surface area (Å²) in [5.74, 6) is 0.601. The van der Waals surface area contributed by atoms with E-state index in [1.54, 1.807) is 0 Å². The average Bonchev–Trinajstić information content (AvgIpc) is 2.90. The maximum Gasteiger partial charge on any atom is 0.267 e. The number of carbonyl (C=O) groups excluding carboxylic acids is 1. The van der Waals surface area contributed by atoms with Crippen molar-refractivity contribution in [2.45, 2.75) is 12.8 Å². The van der Waals surface area contributed by atoms with Crippen LogP contribution >= 0.6 is 0 Å². The summed E-state index contributed by atoms with van der Waals surface area (Å²) in [6.45, 7) is 2.90. The summed E-state index contributed by atoms with van der Waals surface area (Å²) in [6, 6.07) is 9.85. The minimum Gasteiger partial charge on any atom is -0.351 e. The lowest BCUT2D eigenvalue weighted by Gasteiger charge is -2.22. The van der Waals surface area contributed by atoms with Crippen molar-refractivity contribution in [1.29, 1.82) is 0 Å². The van der Waals surface area contributed by atoms with Crippen LogP contribution in [-0.2, 0) is 0 Å². The molecule has 0 unspecified atom stereocenters. The van der Waals surface area contributed by atoms with Gasteiger partial charge in [-0.1, -0.05) is 18.2 Å². The van der Waals surface area contributed by atoms with Gasteiger partial charge in [-0.25, -0.2) is 0 Å². The third-order valence-corrected chi connectivity index (χ3v) is 3.78. The summed E-state index contributed by atoms with van der Waals surface area (Å²) >= 11 is 0. The molecule has 19 heavy (non-hydrogen) atoms. The highest BCUT2D eigenvalue weighted by Gasteiger charge is 2.15. The van der Waals surface area contributed by atoms with Crippen molar-refractivity contribution >= 4 is 16.8 Å². The minimum absolute atomic E-state index is 0.00488. The maximum absolute atomic E-state index is 12.1. The number of hydrogen-bond donors (Lipinski definition) is 3. The van der Waals surface area contributed by atoms with Crippen molar-refractivity contribution < 1.29 is 4.79 Å². The lowest BCUT2D eigenvalue weighted by atomic mass is 9.98. The molecule has 2 heterocycles. The number of carbonyl (C=O) groups is 1. The lowest BCUT2D eigenvalue weighted by molar-refractivity contribution is 0.0940. The van der Waals surface area contributed by atoms with E-state index in [2.05, 4.69) is 15.6 Å². The van der Waals surface area contributed by atoms with Crippen LogP contribution < -0.4 is 10.6 Å². The van der Waals surface area contributed by atoms with Gasteiger partial charge in [0.05, 0.1) is 0 Å². The van der Waals surface area contributed by atoms with Crippen LogP contribution in [-0.4, -0.2) is 30.5 Å². The predicted octanol–water partition coefficient (Wildman–Crippen LogP) is 1.90. The van der Waals surface area contributed by atoms with Gasteiger partial charge < -0.3 is 15.6 Å². The van der Waals surface area contributed by atoms with E-state index >= 15 is 0 Å². The van der Waals surface area contributed by atoms with Crippen LogP contribution in [0.25, 0.3) is 10.9 Å². The first-order valence-corrected chi connectivity index (χ1v) is 6.89. The van der Waals surface area contributed by atoms with Gasteiger partial charge in [0.25, 0.3) is 5.91 Å². The molecule has 0 aliphatic carbocycles. The van der Waals surface area contributed by atoms with Gasteiger partial charge in [0, 0.05) is 17.4 Å². The van der Waals surface area contributed by atoms with E-state index in [1.165, 1.54) is 0 Å². The highest BCUT2D eigenvalue weighted by molar-refractivity contribution is 5.97. The largest absolute Gasteiger partial charge is 0.351 e. The molecule has 0 atom stereocenters. The number of amides is 1. The van der Waals surface area contributed by atoms with Gasteiger partial charge in [-0.15, -0.1) is 0 Å². The van der Waals surface area contributed by atoms with Crippen LogP contribution in [0.4, 0.5) is 0 Å². The molecule has 1 aromatic heterocycles. The molecule has 100 valence electrons. The molecule has 1 fully saturated rings. The summed E-state index contributed by atoms with van der Waals surface area (Å²) in [7, 11) is 0. The monoisotopic (exact) mass is 257 g/mol. The molecular weight excluding hydrogens is 238 g/mol. The summed E-state index contributed by atoms with van der Waals surface area (Å²) in [6.07, 6.45) is 2.29. The number of aromatic nitrogens is 1. The molecule has 3 N–H and O–H groups in total. The number of para-hydroxylation sites is 1. The SMILES string of the molecule is O=C(NCC1CCNCC1)c1cc2ccccc2[nH]1. The highest BCUT2D eigenvalue weighted by atomic mass is 16.1. The Hall–Kier alpha value is -1.81. The van der Waals surface area contributed by atoms with Gasteiger partial charge >= 0.3 is 0 Å². The first-order valence-electron chi connectivity index (χ1n) is 6.89. The van der Waals surface area contributed by atoms with Gasteiger partial charge in [0.1, 0.15) is 5.69 Å². The molecule has 1 amide bonds. The Bertz CT molecular complexity index is 537. The van der Waals surface area contributed by atoms with E-state index in [1.807, 2.05) is 30.3 Å². The zero-order valence-corrected chi connectivity index (χ0v) is 10.9. The van der Waals surface area contributed by atoms with Crippen LogP contribution in [0.15, 0.2) is 30.3 Å². The average molecular weight is 257 g/mol. The summed E-state index contributed by atoms with van der Waals surface area (Å²) in [5.41, 5.74) is 1.66. The molecule has 0 saturated carbocycles. The van der Waals surface area contributed by atoms with Crippen LogP contribution in [0.2, 0.25) is 0 Å². The van der Waals surface area contributed by atoms with Gasteiger partial charge in [-0.2, -0.15) is 0 Å². The third-order valence-electron chi connectivity index (χ3n) is 3.78. The number of benzene rings is 1. The number of rotatable bonds is 3. The molecule has 1 aromatic carbocycles. The summed E-state index contributed by atoms with van der Waals surface area (Å²) in [4.78, 5) is 15.3. The lowest BCUT2D eigenvalue weighted by Crippen LogP contribution is -2.36. The van der Waals surface area contributed by atoms with Crippen LogP contribution in [0, 0.1) is 5.92 Å². The van der Waals surface area contributed by atoms with Crippen molar-refractivity contribution in [3.05, 3.63) is 36.0 Å². The number of H-pyrrole nitrogens is 1. The fourth-order valence-corrected chi connectivity index (χ4v) is 2.61. The number of fused-ring (bicyclic) bond motifs is 1. The molecule has 1 aliphatic rings. The molecule has 4 nitrogen and oxygen atoms in total. The van der Waals surface area contributed by atoms with E-state index in [0.717, 1.165) is 43.4 Å². The van der Waals surface area contributed by atoms with E-state index in [9.17, 15) is 4.79 Å². The summed E-state index contributed by atoms with van der Waals surface area (Å²) < 4.78 is 0. The van der Waals surface area contributed by atoms with Crippen molar-refractivity contribution in [1.82, 2.24) is 15.6 Å². The van der Waals surface area contributed by atoms with E-state index in [0.29, 0.717) is 11.6 Å². The molecular formula is C15H19N3O. The van der Waals surface area contributed by atoms with Crippen molar-refractivity contribution in [3.8, 4) is 0 Å². The predicted molar refractivity (Wildman–Crippen MR) is 76.2 cm³/mol. The van der Waals surface area contributed by atoms with Gasteiger partial charge in [0.2, 0.25) is 0 Å². The molecule has 4 heteroatoms. The number of nitrogens with one attached hydrogen (secondary N) is 3. The van der Waals surface area contributed by atoms with Crippen molar-refractivity contribution in [3.63, 3.8) is 0 Å². The van der Waals surface area contributed by atoms with Crippen LogP contribution in [0.5, 0.6) is 0 Å². The Morgan fingerprint density at radius 3 is 2.84 bits per heavy atom. The van der Waals surface area contributed by atoms with E-state index < -0.39 is 0 Å². The Labute approximate surface area is 112 Å². The first kappa shape index (κ1) is 12.2. The molecule has 0 spiro atoms. The number of piperidine rings is 1. The minimum atomic E-state index is -0.00488. The molecule has 1 saturated heterocycles. The Morgan fingerprint density at radius 2 is 2.05 bits per heavy atom. The highest BCUT2D eigenvalue weighted by Crippen LogP contribution is 2.15. The topological polar surface area (TPSA) is 56.9 Å². The Balaban J connectivity index is 1.63. The molecule has 1 aliphatic heterocycles. The van der Waals surface area contributed by atoms with Crippen molar-refractivity contribution in [2.75, 3.05) is 19.6 Å². The Morgan fingerprint density at radius 1 is 1.26 bits per heavy atom. The standard InChI is InChI=1S/C15H19N3O/c19-15(17-10-11-5-7-16-8-6-11)14-9-12-3-1-2-4-13(12)18-14/h1-4,9,11,16,18H,5-8,10H2,(H,17,19). The molecule has 0 radical (unpaired) electrons. The first-order chi connectivity index (χ1) is 9.33. The smallest absolute Gasteiger partial charge is 0.267 e. The van der Waals surface area contributed by atoms with Crippen molar-refractivity contribution in [2.24, 2.45) is 5.92 Å². The molecule has 3 rings (SSSR count). The zero-order chi connectivity index (χ0) is 13.1. The van der Waals surface area contributed by atoms with Gasteiger partial charge in [-0.05, 0) is 44.0 Å². The van der Waals surface area contributed by atoms with Gasteiger partial charge in [-0.3, -0.25) is 4.79 Å². The second kappa shape index (κ2) is 5.45. The normalized spacial score (nSPS) is 16.6. The second-order valence-electron chi connectivity index (χ2n) is 5.17. The third kappa shape index (κ3) is 2.79. The molecule has 0 bridgehead atoms. The molecule has 2 aromatic rings. The quantitative estimate of drug-likeness (QED) is 0.786. The fourth-order valence-electron chi connectivity index (χ4n) is 2.61. The van der Waals surface area contributed by atoms with Crippen LogP contribution in [0.3, 0.4) is 0 Å². The maximum atomic E-state index is 12.1. The fraction of sp³-hybridized carbons (Fsp3) is 0.400. The Kier molecular flexibility index (Phi) is 3.51. The van der Waals surface area contributed by atoms with E-state index in [4.69, 9.17) is 0 Å². The number of hydrogen-bond acceptors (Lipinski definition) is 2. The van der Waals surface area contributed by atoms with E-state index in [-0.39, 0.29) is 5.91 Å². The summed E-state index contributed by atoms with van der Waals surface area (Å²) in [5, 5.41) is 7.44. The van der Waals surface area contributed by atoms with Crippen LogP contribution in [0.1, 0.15) is 23.3 Å². The number of aromatic amines is 1. The zero-order valence-electron chi connectivity index (χ0n) is 10.9. The second-order valence-corrected chi connectivity index (χ2v) is 5.17. The van der Waals surface area contributed by atoms with Gasteiger partial charge in [0.15, 0.2) is 0 Å².